The van der Waals surface area contributed by atoms with Crippen molar-refractivity contribution in [3.05, 3.63) is 29.3 Å². The summed E-state index contributed by atoms with van der Waals surface area (Å²) in [5.74, 6) is 3.03. The highest BCUT2D eigenvalue weighted by Crippen LogP contribution is 2.55. The summed E-state index contributed by atoms with van der Waals surface area (Å²) in [6.45, 7) is 1.80. The minimum atomic E-state index is -0.525. The Hall–Kier alpha value is -1.22. The van der Waals surface area contributed by atoms with Gasteiger partial charge in [0.2, 0.25) is 0 Å². The molecule has 1 amide bonds. The zero-order valence-electron chi connectivity index (χ0n) is 13.6. The van der Waals surface area contributed by atoms with E-state index < -0.39 is 6.10 Å². The van der Waals surface area contributed by atoms with Gasteiger partial charge in [-0.1, -0.05) is 23.7 Å². The molecular weight excluding hydrogens is 310 g/mol. The smallest absolute Gasteiger partial charge is 0.261 e. The van der Waals surface area contributed by atoms with Crippen molar-refractivity contribution in [1.82, 2.24) is 5.32 Å². The molecule has 0 aromatic heterocycles. The molecule has 4 bridgehead atoms. The highest BCUT2D eigenvalue weighted by atomic mass is 35.5. The van der Waals surface area contributed by atoms with Crippen molar-refractivity contribution in [2.24, 2.45) is 17.8 Å². The van der Waals surface area contributed by atoms with Gasteiger partial charge in [0.05, 0.1) is 5.02 Å². The molecule has 1 aromatic carbocycles. The van der Waals surface area contributed by atoms with E-state index in [4.69, 9.17) is 16.3 Å². The number of rotatable bonds is 4. The van der Waals surface area contributed by atoms with Crippen LogP contribution in [-0.4, -0.2) is 17.6 Å². The fourth-order valence-electron chi connectivity index (χ4n) is 5.41. The van der Waals surface area contributed by atoms with E-state index in [0.717, 1.165) is 37.0 Å². The van der Waals surface area contributed by atoms with E-state index in [1.165, 1.54) is 19.3 Å². The number of carbonyl (C=O) groups excluding carboxylic acids is 1. The number of hydrogen-bond donors (Lipinski definition) is 1. The molecule has 0 saturated heterocycles. The second-order valence-electron chi connectivity index (χ2n) is 7.88. The zero-order chi connectivity index (χ0) is 16.0. The van der Waals surface area contributed by atoms with Gasteiger partial charge >= 0.3 is 0 Å². The van der Waals surface area contributed by atoms with E-state index in [9.17, 15) is 4.79 Å². The van der Waals surface area contributed by atoms with Crippen LogP contribution in [0.25, 0.3) is 0 Å². The lowest BCUT2D eigenvalue weighted by Gasteiger charge is -2.57. The topological polar surface area (TPSA) is 38.3 Å². The van der Waals surface area contributed by atoms with Gasteiger partial charge in [0.1, 0.15) is 5.75 Å². The lowest BCUT2D eigenvalue weighted by molar-refractivity contribution is -0.133. The van der Waals surface area contributed by atoms with Gasteiger partial charge in [-0.25, -0.2) is 0 Å². The van der Waals surface area contributed by atoms with Crippen molar-refractivity contribution in [2.75, 3.05) is 0 Å². The highest BCUT2D eigenvalue weighted by molar-refractivity contribution is 6.32. The summed E-state index contributed by atoms with van der Waals surface area (Å²) in [5, 5.41) is 3.90. The number of para-hydroxylation sites is 1. The van der Waals surface area contributed by atoms with Crippen LogP contribution in [0.1, 0.15) is 45.4 Å². The van der Waals surface area contributed by atoms with Crippen molar-refractivity contribution in [3.8, 4) is 5.75 Å². The largest absolute Gasteiger partial charge is 0.479 e. The molecule has 3 nitrogen and oxygen atoms in total. The first-order chi connectivity index (χ1) is 11.0. The van der Waals surface area contributed by atoms with Gasteiger partial charge in [-0.15, -0.1) is 0 Å². The number of amides is 1. The Morgan fingerprint density at radius 2 is 1.74 bits per heavy atom. The standard InChI is InChI=1S/C19H24ClNO2/c1-12(23-17-5-3-2-4-16(17)20)18(22)21-19-9-13-6-14(10-19)8-15(7-13)11-19/h2-5,12-15H,6-11H2,1H3,(H,21,22)/t12-,13?,14?,15?,19?/m0/s1. The summed E-state index contributed by atoms with van der Waals surface area (Å²) in [5.41, 5.74) is 0.0317. The van der Waals surface area contributed by atoms with Gasteiger partial charge in [-0.05, 0) is 75.3 Å². The zero-order valence-corrected chi connectivity index (χ0v) is 14.3. The molecule has 5 rings (SSSR count). The molecule has 0 unspecified atom stereocenters. The summed E-state index contributed by atoms with van der Waals surface area (Å²) >= 11 is 6.12. The lowest BCUT2D eigenvalue weighted by Crippen LogP contribution is -2.61. The van der Waals surface area contributed by atoms with Crippen molar-refractivity contribution >= 4 is 17.5 Å². The maximum absolute atomic E-state index is 12.7. The molecule has 0 aliphatic heterocycles. The van der Waals surface area contributed by atoms with E-state index in [1.807, 2.05) is 12.1 Å². The number of carbonyl (C=O) groups is 1. The third kappa shape index (κ3) is 2.96. The van der Waals surface area contributed by atoms with Crippen molar-refractivity contribution < 1.29 is 9.53 Å². The van der Waals surface area contributed by atoms with Gasteiger partial charge in [0.15, 0.2) is 6.10 Å². The van der Waals surface area contributed by atoms with Crippen molar-refractivity contribution in [3.63, 3.8) is 0 Å². The average molecular weight is 334 g/mol. The second kappa shape index (κ2) is 5.70. The number of hydrogen-bond acceptors (Lipinski definition) is 2. The molecule has 4 aliphatic rings. The molecule has 23 heavy (non-hydrogen) atoms. The Labute approximate surface area is 142 Å². The van der Waals surface area contributed by atoms with Crippen LogP contribution in [0.2, 0.25) is 5.02 Å². The van der Waals surface area contributed by atoms with Gasteiger partial charge in [-0.2, -0.15) is 0 Å². The molecule has 0 spiro atoms. The minimum absolute atomic E-state index is 0.00753. The van der Waals surface area contributed by atoms with Crippen molar-refractivity contribution in [1.29, 1.82) is 0 Å². The van der Waals surface area contributed by atoms with Gasteiger partial charge in [-0.3, -0.25) is 4.79 Å². The van der Waals surface area contributed by atoms with Crippen LogP contribution in [-0.2, 0) is 4.79 Å². The molecule has 4 heteroatoms. The third-order valence-electron chi connectivity index (χ3n) is 5.94. The molecule has 124 valence electrons. The van der Waals surface area contributed by atoms with E-state index in [1.54, 1.807) is 19.1 Å². The maximum atomic E-state index is 12.7. The Balaban J connectivity index is 1.42. The summed E-state index contributed by atoms with van der Waals surface area (Å²) in [6, 6.07) is 7.30. The summed E-state index contributed by atoms with van der Waals surface area (Å²) in [7, 11) is 0. The van der Waals surface area contributed by atoms with Crippen LogP contribution in [0.15, 0.2) is 24.3 Å². The van der Waals surface area contributed by atoms with E-state index in [-0.39, 0.29) is 11.4 Å². The summed E-state index contributed by atoms with van der Waals surface area (Å²) < 4.78 is 5.78. The predicted molar refractivity (Wildman–Crippen MR) is 90.6 cm³/mol. The highest BCUT2D eigenvalue weighted by Gasteiger charge is 2.51. The monoisotopic (exact) mass is 333 g/mol. The minimum Gasteiger partial charge on any atom is -0.479 e. The number of ether oxygens (including phenoxy) is 1. The summed E-state index contributed by atoms with van der Waals surface area (Å²) in [4.78, 5) is 12.7. The molecule has 1 N–H and O–H groups in total. The Kier molecular flexibility index (Phi) is 3.79. The molecular formula is C19H24ClNO2. The first-order valence-electron chi connectivity index (χ1n) is 8.76. The van der Waals surface area contributed by atoms with E-state index in [2.05, 4.69) is 5.32 Å². The molecule has 1 atom stereocenters. The fourth-order valence-corrected chi connectivity index (χ4v) is 5.59. The maximum Gasteiger partial charge on any atom is 0.261 e. The molecule has 0 radical (unpaired) electrons. The van der Waals surface area contributed by atoms with Crippen LogP contribution >= 0.6 is 11.6 Å². The number of benzene rings is 1. The van der Waals surface area contributed by atoms with E-state index >= 15 is 0 Å². The average Bonchev–Trinajstić information content (AvgIpc) is 2.47. The van der Waals surface area contributed by atoms with Gasteiger partial charge in [0, 0.05) is 5.54 Å². The predicted octanol–water partition coefficient (Wildman–Crippen LogP) is 4.19. The number of halogens is 1. The van der Waals surface area contributed by atoms with Gasteiger partial charge in [0.25, 0.3) is 5.91 Å². The van der Waals surface area contributed by atoms with Gasteiger partial charge < -0.3 is 10.1 Å². The Morgan fingerprint density at radius 3 is 2.30 bits per heavy atom. The molecule has 4 fully saturated rings. The van der Waals surface area contributed by atoms with Crippen LogP contribution in [0, 0.1) is 17.8 Å². The molecule has 4 aliphatic carbocycles. The van der Waals surface area contributed by atoms with E-state index in [0.29, 0.717) is 10.8 Å². The van der Waals surface area contributed by atoms with Crippen LogP contribution < -0.4 is 10.1 Å². The van der Waals surface area contributed by atoms with Crippen molar-refractivity contribution in [2.45, 2.75) is 57.1 Å². The molecule has 0 heterocycles. The summed E-state index contributed by atoms with van der Waals surface area (Å²) in [6.07, 6.45) is 7.07. The normalized spacial score (nSPS) is 35.8. The molecule has 1 aromatic rings. The number of nitrogens with one attached hydrogen (secondary N) is 1. The molecule has 4 saturated carbocycles. The first-order valence-corrected chi connectivity index (χ1v) is 9.14. The van der Waals surface area contributed by atoms with Crippen LogP contribution in [0.5, 0.6) is 5.75 Å². The Morgan fingerprint density at radius 1 is 1.17 bits per heavy atom. The Bertz CT molecular complexity index is 580. The third-order valence-corrected chi connectivity index (χ3v) is 6.25. The van der Waals surface area contributed by atoms with Crippen LogP contribution in [0.3, 0.4) is 0 Å². The lowest BCUT2D eigenvalue weighted by atomic mass is 9.53. The SMILES string of the molecule is C[C@H](Oc1ccccc1Cl)C(=O)NC12CC3CC(CC(C3)C1)C2. The first kappa shape index (κ1) is 15.3. The second-order valence-corrected chi connectivity index (χ2v) is 8.28. The van der Waals surface area contributed by atoms with Crippen LogP contribution in [0.4, 0.5) is 0 Å². The quantitative estimate of drug-likeness (QED) is 0.897. The fraction of sp³-hybridized carbons (Fsp3) is 0.632.